The van der Waals surface area contributed by atoms with Gasteiger partial charge in [-0.25, -0.2) is 0 Å². The lowest BCUT2D eigenvalue weighted by molar-refractivity contribution is -0.143. The molecule has 6 nitrogen and oxygen atoms in total. The fourth-order valence-corrected chi connectivity index (χ4v) is 9.80. The topological polar surface area (TPSA) is 95.9 Å². The van der Waals surface area contributed by atoms with Gasteiger partial charge in [0.25, 0.3) is 0 Å². The molecular weight excluding hydrogens is 875 g/mol. The van der Waals surface area contributed by atoms with Crippen molar-refractivity contribution in [2.24, 2.45) is 0 Å². The van der Waals surface area contributed by atoms with E-state index in [1.807, 2.05) is 6.08 Å². The summed E-state index contributed by atoms with van der Waals surface area (Å²) in [6.45, 7) is 4.91. The van der Waals surface area contributed by atoms with Crippen molar-refractivity contribution in [3.05, 3.63) is 36.5 Å². The van der Waals surface area contributed by atoms with E-state index in [1.54, 1.807) is 0 Å². The third kappa shape index (κ3) is 57.2. The molecule has 0 aromatic carbocycles. The Morgan fingerprint density at radius 2 is 0.718 bits per heavy atom. The van der Waals surface area contributed by atoms with E-state index in [4.69, 9.17) is 4.74 Å². The number of allylic oxidation sites excluding steroid dienone is 6. The quantitative estimate of drug-likeness (QED) is 0.0321. The van der Waals surface area contributed by atoms with E-state index in [9.17, 15) is 19.8 Å². The highest BCUT2D eigenvalue weighted by molar-refractivity contribution is 5.76. The zero-order valence-corrected chi connectivity index (χ0v) is 47.7. The van der Waals surface area contributed by atoms with Crippen LogP contribution in [0.2, 0.25) is 0 Å². The molecule has 418 valence electrons. The van der Waals surface area contributed by atoms with Crippen LogP contribution < -0.4 is 5.32 Å². The van der Waals surface area contributed by atoms with E-state index in [2.05, 4.69) is 49.5 Å². The van der Waals surface area contributed by atoms with Crippen molar-refractivity contribution in [1.29, 1.82) is 0 Å². The number of amides is 1. The minimum Gasteiger partial charge on any atom is -0.466 e. The molecule has 0 aliphatic carbocycles. The Morgan fingerprint density at radius 1 is 0.394 bits per heavy atom. The van der Waals surface area contributed by atoms with Crippen molar-refractivity contribution in [3.63, 3.8) is 0 Å². The van der Waals surface area contributed by atoms with Gasteiger partial charge in [0.2, 0.25) is 5.91 Å². The first kappa shape index (κ1) is 69.1. The Labute approximate surface area is 443 Å². The number of aliphatic hydroxyl groups excluding tert-OH is 2. The number of nitrogens with one attached hydrogen (secondary N) is 1. The summed E-state index contributed by atoms with van der Waals surface area (Å²) in [5.41, 5.74) is 0. The number of rotatable bonds is 59. The molecule has 0 aliphatic heterocycles. The molecule has 0 bridgehead atoms. The number of unbranched alkanes of at least 4 members (excludes halogenated alkanes) is 42. The van der Waals surface area contributed by atoms with Crippen molar-refractivity contribution in [1.82, 2.24) is 5.32 Å². The van der Waals surface area contributed by atoms with Crippen LogP contribution in [-0.2, 0) is 14.3 Å². The van der Waals surface area contributed by atoms with Gasteiger partial charge in [-0.1, -0.05) is 294 Å². The van der Waals surface area contributed by atoms with Crippen LogP contribution >= 0.6 is 0 Å². The summed E-state index contributed by atoms with van der Waals surface area (Å²) < 4.78 is 5.48. The lowest BCUT2D eigenvalue weighted by atomic mass is 10.0. The van der Waals surface area contributed by atoms with E-state index in [0.29, 0.717) is 32.3 Å². The third-order valence-electron chi connectivity index (χ3n) is 14.7. The normalized spacial score (nSPS) is 12.8. The highest BCUT2D eigenvalue weighted by Gasteiger charge is 2.20. The molecule has 0 heterocycles. The van der Waals surface area contributed by atoms with Gasteiger partial charge in [0.15, 0.2) is 0 Å². The summed E-state index contributed by atoms with van der Waals surface area (Å²) in [7, 11) is 0. The predicted octanol–water partition coefficient (Wildman–Crippen LogP) is 20.0. The number of carbonyl (C=O) groups is 2. The Hall–Kier alpha value is -1.92. The van der Waals surface area contributed by atoms with Crippen LogP contribution in [0.3, 0.4) is 0 Å². The minimum atomic E-state index is -0.701. The molecule has 0 saturated heterocycles. The molecule has 0 rings (SSSR count). The summed E-state index contributed by atoms with van der Waals surface area (Å²) >= 11 is 0. The van der Waals surface area contributed by atoms with Gasteiger partial charge in [0.1, 0.15) is 0 Å². The molecule has 0 fully saturated rings. The lowest BCUT2D eigenvalue weighted by Crippen LogP contribution is -2.45. The summed E-state index contributed by atoms with van der Waals surface area (Å²) in [5, 5.41) is 23.3. The van der Waals surface area contributed by atoms with Crippen molar-refractivity contribution in [2.45, 2.75) is 353 Å². The molecule has 2 atom stereocenters. The smallest absolute Gasteiger partial charge is 0.305 e. The Morgan fingerprint density at radius 3 is 1.11 bits per heavy atom. The predicted molar refractivity (Wildman–Crippen MR) is 310 cm³/mol. The van der Waals surface area contributed by atoms with Gasteiger partial charge in [0, 0.05) is 12.8 Å². The van der Waals surface area contributed by atoms with E-state index in [1.165, 1.54) is 250 Å². The van der Waals surface area contributed by atoms with Crippen molar-refractivity contribution in [3.8, 4) is 0 Å². The Kier molecular flexibility index (Phi) is 59.0. The fraction of sp³-hybridized carbons (Fsp3) is 0.877. The third-order valence-corrected chi connectivity index (χ3v) is 14.7. The second-order valence-corrected chi connectivity index (χ2v) is 21.7. The number of esters is 1. The minimum absolute atomic E-state index is 0.0167. The zero-order chi connectivity index (χ0) is 51.4. The monoisotopic (exact) mass is 998 g/mol. The van der Waals surface area contributed by atoms with Gasteiger partial charge >= 0.3 is 5.97 Å². The first-order chi connectivity index (χ1) is 35.0. The molecule has 0 saturated carbocycles. The summed E-state index contributed by atoms with van der Waals surface area (Å²) in [6, 6.07) is -0.587. The van der Waals surface area contributed by atoms with Crippen LogP contribution in [0.25, 0.3) is 0 Å². The van der Waals surface area contributed by atoms with Crippen molar-refractivity contribution < 1.29 is 24.5 Å². The molecule has 2 unspecified atom stereocenters. The molecule has 3 N–H and O–H groups in total. The molecule has 0 spiro atoms. The van der Waals surface area contributed by atoms with Gasteiger partial charge in [0.05, 0.1) is 25.4 Å². The van der Waals surface area contributed by atoms with E-state index >= 15 is 0 Å². The average molecular weight is 999 g/mol. The molecule has 0 aromatic heterocycles. The number of ether oxygens (including phenoxy) is 1. The average Bonchev–Trinajstić information content (AvgIpc) is 3.37. The molecular formula is C65H123NO5. The van der Waals surface area contributed by atoms with Gasteiger partial charge in [-0.05, 0) is 70.6 Å². The molecule has 1 amide bonds. The maximum Gasteiger partial charge on any atom is 0.305 e. The highest BCUT2D eigenvalue weighted by Crippen LogP contribution is 2.18. The van der Waals surface area contributed by atoms with Crippen molar-refractivity contribution in [2.75, 3.05) is 13.2 Å². The first-order valence-electron chi connectivity index (χ1n) is 31.7. The number of carbonyl (C=O) groups excluding carboxylic acids is 2. The van der Waals surface area contributed by atoms with Crippen LogP contribution in [0.5, 0.6) is 0 Å². The van der Waals surface area contributed by atoms with Crippen LogP contribution in [0.1, 0.15) is 341 Å². The highest BCUT2D eigenvalue weighted by atomic mass is 16.5. The van der Waals surface area contributed by atoms with Gasteiger partial charge < -0.3 is 20.3 Å². The van der Waals surface area contributed by atoms with E-state index in [0.717, 1.165) is 51.4 Å². The number of hydrogen-bond acceptors (Lipinski definition) is 5. The van der Waals surface area contributed by atoms with Gasteiger partial charge in [-0.3, -0.25) is 9.59 Å². The number of aliphatic hydroxyl groups is 2. The molecule has 71 heavy (non-hydrogen) atoms. The Bertz CT molecular complexity index is 1150. The maximum atomic E-state index is 12.5. The molecule has 0 aromatic rings. The van der Waals surface area contributed by atoms with Crippen LogP contribution in [0.15, 0.2) is 36.5 Å². The second kappa shape index (κ2) is 60.6. The molecule has 6 heteroatoms. The van der Waals surface area contributed by atoms with E-state index in [-0.39, 0.29) is 18.5 Å². The zero-order valence-electron chi connectivity index (χ0n) is 47.7. The van der Waals surface area contributed by atoms with Gasteiger partial charge in [-0.15, -0.1) is 0 Å². The van der Waals surface area contributed by atoms with Crippen LogP contribution in [-0.4, -0.2) is 47.4 Å². The van der Waals surface area contributed by atoms with Crippen LogP contribution in [0, 0.1) is 0 Å². The summed E-state index contributed by atoms with van der Waals surface area (Å²) in [6.07, 6.45) is 76.0. The maximum absolute atomic E-state index is 12.5. The fourth-order valence-electron chi connectivity index (χ4n) is 9.80. The van der Waals surface area contributed by atoms with Gasteiger partial charge in [-0.2, -0.15) is 0 Å². The largest absolute Gasteiger partial charge is 0.466 e. The number of hydrogen-bond donors (Lipinski definition) is 3. The van der Waals surface area contributed by atoms with Crippen molar-refractivity contribution >= 4 is 11.9 Å². The Balaban J connectivity index is 3.51. The SMILES string of the molecule is CCCCCCCC/C=C\CCCCCCCCCCCC(=O)OCCCCCCCC/C=C\C/C=C\CCC(=O)NC(CO)C(O)CCCCCCCCCCCCCCCCCCCCCCCC. The first-order valence-corrected chi connectivity index (χ1v) is 31.7. The molecule has 0 aliphatic rings. The standard InChI is InChI=1S/C65H123NO5/c1-3-5-7-9-11-13-15-17-19-21-23-24-25-27-28-30-33-37-41-45-49-53-57-63(68)62(61-67)66-64(69)58-54-50-46-42-38-34-32-36-40-44-48-52-56-60-71-65(70)59-55-51-47-43-39-35-31-29-26-22-20-18-16-14-12-10-8-6-4-2/h18,20,34,38,46,50,62-63,67-68H,3-17,19,21-33,35-37,39-45,47-49,51-61H2,1-2H3,(H,66,69)/b20-18-,38-34-,50-46-. The second-order valence-electron chi connectivity index (χ2n) is 21.7. The summed E-state index contributed by atoms with van der Waals surface area (Å²) in [5.74, 6) is -0.129. The lowest BCUT2D eigenvalue weighted by Gasteiger charge is -2.22. The van der Waals surface area contributed by atoms with Crippen LogP contribution in [0.4, 0.5) is 0 Å². The molecule has 0 radical (unpaired) electrons. The summed E-state index contributed by atoms with van der Waals surface area (Å²) in [4.78, 5) is 24.6. The van der Waals surface area contributed by atoms with E-state index < -0.39 is 12.1 Å².